The highest BCUT2D eigenvalue weighted by Gasteiger charge is 2.30. The lowest BCUT2D eigenvalue weighted by Crippen LogP contribution is -2.37. The molecule has 1 aromatic rings. The average Bonchev–Trinajstić information content (AvgIpc) is 2.56. The van der Waals surface area contributed by atoms with Crippen LogP contribution < -0.4 is 10.6 Å². The molecule has 0 radical (unpaired) electrons. The Morgan fingerprint density at radius 1 is 1.17 bits per heavy atom. The number of nitrogens with one attached hydrogen (secondary N) is 2. The number of alkyl halides is 3. The first-order chi connectivity index (χ1) is 11.5. The van der Waals surface area contributed by atoms with Crippen molar-refractivity contribution in [1.29, 1.82) is 0 Å². The first-order valence-electron chi connectivity index (χ1n) is 8.15. The van der Waals surface area contributed by atoms with Crippen LogP contribution in [-0.4, -0.2) is 32.8 Å². The number of unbranched alkanes of at least 4 members (excludes halogenated alkanes) is 1. The number of guanidine groups is 1. The number of hydrogen-bond donors (Lipinski definition) is 2. The number of halogens is 3. The van der Waals surface area contributed by atoms with Crippen LogP contribution in [0.15, 0.2) is 29.3 Å². The summed E-state index contributed by atoms with van der Waals surface area (Å²) < 4.78 is 43.5. The van der Waals surface area contributed by atoms with Gasteiger partial charge in [0.1, 0.15) is 0 Å². The molecule has 136 valence electrons. The maximum absolute atomic E-state index is 12.7. The maximum atomic E-state index is 12.7. The molecular weight excluding hydrogens is 319 g/mol. The van der Waals surface area contributed by atoms with Gasteiger partial charge in [-0.25, -0.2) is 0 Å². The van der Waals surface area contributed by atoms with Crippen LogP contribution in [0.5, 0.6) is 0 Å². The molecule has 2 N–H and O–H groups in total. The highest BCUT2D eigenvalue weighted by atomic mass is 19.4. The Kier molecular flexibility index (Phi) is 9.22. The molecule has 0 atom stereocenters. The quantitative estimate of drug-likeness (QED) is 0.408. The second-order valence-corrected chi connectivity index (χ2v) is 5.37. The van der Waals surface area contributed by atoms with Gasteiger partial charge in [-0.2, -0.15) is 13.2 Å². The van der Waals surface area contributed by atoms with Gasteiger partial charge in [0.2, 0.25) is 0 Å². The smallest absolute Gasteiger partial charge is 0.381 e. The van der Waals surface area contributed by atoms with Gasteiger partial charge in [-0.1, -0.05) is 25.5 Å². The van der Waals surface area contributed by atoms with E-state index in [1.54, 1.807) is 13.1 Å². The number of aliphatic imine (C=N–C) groups is 1. The third-order valence-corrected chi connectivity index (χ3v) is 3.34. The zero-order valence-corrected chi connectivity index (χ0v) is 14.2. The molecule has 0 heterocycles. The molecule has 0 spiro atoms. The van der Waals surface area contributed by atoms with Crippen LogP contribution in [0, 0.1) is 0 Å². The molecule has 7 heteroatoms. The summed E-state index contributed by atoms with van der Waals surface area (Å²) in [6, 6.07) is 5.26. The van der Waals surface area contributed by atoms with Crippen molar-refractivity contribution in [2.75, 3.05) is 26.8 Å². The van der Waals surface area contributed by atoms with E-state index in [2.05, 4.69) is 22.5 Å². The second-order valence-electron chi connectivity index (χ2n) is 5.37. The van der Waals surface area contributed by atoms with E-state index in [1.807, 2.05) is 0 Å². The Morgan fingerprint density at radius 3 is 2.58 bits per heavy atom. The zero-order valence-electron chi connectivity index (χ0n) is 14.2. The predicted octanol–water partition coefficient (Wildman–Crippen LogP) is 3.58. The van der Waals surface area contributed by atoms with E-state index < -0.39 is 11.7 Å². The molecule has 0 fully saturated rings. The first kappa shape index (κ1) is 20.3. The lowest BCUT2D eigenvalue weighted by molar-refractivity contribution is -0.137. The molecule has 1 rings (SSSR count). The minimum atomic E-state index is -4.33. The molecule has 0 aromatic heterocycles. The SMILES string of the molecule is CCCCOCCCNC(=NC)NCc1cccc(C(F)(F)F)c1. The summed E-state index contributed by atoms with van der Waals surface area (Å²) in [5.74, 6) is 0.556. The minimum Gasteiger partial charge on any atom is -0.381 e. The summed E-state index contributed by atoms with van der Waals surface area (Å²) in [5, 5.41) is 6.12. The molecule has 0 bridgehead atoms. The van der Waals surface area contributed by atoms with Crippen molar-refractivity contribution in [2.45, 2.75) is 38.9 Å². The molecule has 0 unspecified atom stereocenters. The van der Waals surface area contributed by atoms with Gasteiger partial charge in [-0.3, -0.25) is 4.99 Å². The van der Waals surface area contributed by atoms with Crippen molar-refractivity contribution < 1.29 is 17.9 Å². The Labute approximate surface area is 141 Å². The van der Waals surface area contributed by atoms with Gasteiger partial charge in [0, 0.05) is 33.4 Å². The Hall–Kier alpha value is -1.76. The molecule has 0 saturated carbocycles. The van der Waals surface area contributed by atoms with Crippen molar-refractivity contribution in [2.24, 2.45) is 4.99 Å². The largest absolute Gasteiger partial charge is 0.416 e. The molecule has 0 saturated heterocycles. The van der Waals surface area contributed by atoms with Crippen LogP contribution in [-0.2, 0) is 17.5 Å². The fraction of sp³-hybridized carbons (Fsp3) is 0.588. The van der Waals surface area contributed by atoms with Gasteiger partial charge >= 0.3 is 6.18 Å². The Bertz CT molecular complexity index is 504. The summed E-state index contributed by atoms with van der Waals surface area (Å²) >= 11 is 0. The van der Waals surface area contributed by atoms with Gasteiger partial charge in [0.05, 0.1) is 5.56 Å². The van der Waals surface area contributed by atoms with Gasteiger partial charge in [-0.15, -0.1) is 0 Å². The highest BCUT2D eigenvalue weighted by Crippen LogP contribution is 2.29. The van der Waals surface area contributed by atoms with Crippen molar-refractivity contribution in [3.05, 3.63) is 35.4 Å². The van der Waals surface area contributed by atoms with E-state index in [9.17, 15) is 13.2 Å². The van der Waals surface area contributed by atoms with Gasteiger partial charge in [0.25, 0.3) is 0 Å². The van der Waals surface area contributed by atoms with Crippen LogP contribution in [0.4, 0.5) is 13.2 Å². The van der Waals surface area contributed by atoms with E-state index >= 15 is 0 Å². The minimum absolute atomic E-state index is 0.274. The van der Waals surface area contributed by atoms with Crippen molar-refractivity contribution in [1.82, 2.24) is 10.6 Å². The molecule has 24 heavy (non-hydrogen) atoms. The molecule has 1 aromatic carbocycles. The number of benzene rings is 1. The zero-order chi connectivity index (χ0) is 17.8. The summed E-state index contributed by atoms with van der Waals surface area (Å²) in [7, 11) is 1.62. The fourth-order valence-corrected chi connectivity index (χ4v) is 1.99. The summed E-state index contributed by atoms with van der Waals surface area (Å²) in [6.45, 7) is 4.53. The third kappa shape index (κ3) is 8.19. The molecular formula is C17H26F3N3O. The number of rotatable bonds is 9. The summed E-state index contributed by atoms with van der Waals surface area (Å²) in [6.07, 6.45) is -1.31. The van der Waals surface area contributed by atoms with E-state index in [4.69, 9.17) is 4.74 Å². The maximum Gasteiger partial charge on any atom is 0.416 e. The normalized spacial score (nSPS) is 12.3. The molecule has 0 amide bonds. The lowest BCUT2D eigenvalue weighted by Gasteiger charge is -2.13. The second kappa shape index (κ2) is 10.9. The lowest BCUT2D eigenvalue weighted by atomic mass is 10.1. The highest BCUT2D eigenvalue weighted by molar-refractivity contribution is 5.79. The monoisotopic (exact) mass is 345 g/mol. The molecule has 0 aliphatic heterocycles. The van der Waals surface area contributed by atoms with E-state index in [1.165, 1.54) is 6.07 Å². The molecule has 4 nitrogen and oxygen atoms in total. The first-order valence-corrected chi connectivity index (χ1v) is 8.15. The predicted molar refractivity (Wildman–Crippen MR) is 90.0 cm³/mol. The number of hydrogen-bond acceptors (Lipinski definition) is 2. The standard InChI is InChI=1S/C17H26F3N3O/c1-3-4-10-24-11-6-9-22-16(21-2)23-13-14-7-5-8-15(12-14)17(18,19)20/h5,7-8,12H,3-4,6,9-11,13H2,1-2H3,(H2,21,22,23). The van der Waals surface area contributed by atoms with Crippen LogP contribution in [0.1, 0.15) is 37.3 Å². The van der Waals surface area contributed by atoms with Crippen LogP contribution in [0.2, 0.25) is 0 Å². The number of nitrogens with zero attached hydrogens (tertiary/aromatic N) is 1. The Morgan fingerprint density at radius 2 is 1.92 bits per heavy atom. The van der Waals surface area contributed by atoms with Crippen molar-refractivity contribution >= 4 is 5.96 Å². The van der Waals surface area contributed by atoms with Gasteiger partial charge < -0.3 is 15.4 Å². The van der Waals surface area contributed by atoms with Crippen LogP contribution in [0.25, 0.3) is 0 Å². The summed E-state index contributed by atoms with van der Waals surface area (Å²) in [5.41, 5.74) is -0.0929. The van der Waals surface area contributed by atoms with Gasteiger partial charge in [-0.05, 0) is 30.5 Å². The average molecular weight is 345 g/mol. The van der Waals surface area contributed by atoms with E-state index in [-0.39, 0.29) is 6.54 Å². The third-order valence-electron chi connectivity index (χ3n) is 3.34. The van der Waals surface area contributed by atoms with Crippen LogP contribution >= 0.6 is 0 Å². The van der Waals surface area contributed by atoms with Crippen molar-refractivity contribution in [3.8, 4) is 0 Å². The topological polar surface area (TPSA) is 45.6 Å². The fourth-order valence-electron chi connectivity index (χ4n) is 1.99. The summed E-state index contributed by atoms with van der Waals surface area (Å²) in [4.78, 5) is 4.05. The Balaban J connectivity index is 2.32. The van der Waals surface area contributed by atoms with E-state index in [0.29, 0.717) is 24.7 Å². The van der Waals surface area contributed by atoms with Crippen molar-refractivity contribution in [3.63, 3.8) is 0 Å². The number of ether oxygens (including phenoxy) is 1. The molecule has 0 aliphatic rings. The van der Waals surface area contributed by atoms with Gasteiger partial charge in [0.15, 0.2) is 5.96 Å². The van der Waals surface area contributed by atoms with Crippen LogP contribution in [0.3, 0.4) is 0 Å². The molecule has 0 aliphatic carbocycles. The van der Waals surface area contributed by atoms with E-state index in [0.717, 1.165) is 38.0 Å².